The standard InChI is InChI=1S/C10H8N4O.ClH/c1-6-12-13-10-11-9(15)7-4-2-3-5-8(7)14(6)10;/h2-5H,1H3,(H,11,13,15);1H. The van der Waals surface area contributed by atoms with E-state index in [9.17, 15) is 4.79 Å². The van der Waals surface area contributed by atoms with Crippen molar-refractivity contribution in [1.82, 2.24) is 19.6 Å². The van der Waals surface area contributed by atoms with Crippen LogP contribution >= 0.6 is 12.4 Å². The molecule has 1 N–H and O–H groups in total. The highest BCUT2D eigenvalue weighted by Gasteiger charge is 2.07. The van der Waals surface area contributed by atoms with Gasteiger partial charge in [0.1, 0.15) is 5.82 Å². The summed E-state index contributed by atoms with van der Waals surface area (Å²) in [5, 5.41) is 8.46. The molecule has 82 valence electrons. The fourth-order valence-corrected chi connectivity index (χ4v) is 1.76. The zero-order valence-corrected chi connectivity index (χ0v) is 9.28. The van der Waals surface area contributed by atoms with Crippen molar-refractivity contribution in [1.29, 1.82) is 0 Å². The van der Waals surface area contributed by atoms with E-state index in [4.69, 9.17) is 0 Å². The molecular formula is C10H9ClN4O. The number of nitrogens with one attached hydrogen (secondary N) is 1. The molecule has 2 aromatic heterocycles. The van der Waals surface area contributed by atoms with Crippen molar-refractivity contribution in [3.8, 4) is 0 Å². The Hall–Kier alpha value is -1.88. The molecule has 0 spiro atoms. The van der Waals surface area contributed by atoms with E-state index in [0.717, 1.165) is 11.3 Å². The first kappa shape index (κ1) is 10.6. The van der Waals surface area contributed by atoms with Crippen molar-refractivity contribution in [3.05, 3.63) is 40.4 Å². The molecule has 3 aromatic rings. The number of hydrogen-bond acceptors (Lipinski definition) is 3. The van der Waals surface area contributed by atoms with Crippen LogP contribution in [0, 0.1) is 6.92 Å². The second-order valence-electron chi connectivity index (χ2n) is 3.38. The summed E-state index contributed by atoms with van der Waals surface area (Å²) >= 11 is 0. The predicted molar refractivity (Wildman–Crippen MR) is 63.1 cm³/mol. The lowest BCUT2D eigenvalue weighted by Gasteiger charge is -2.00. The molecule has 6 heteroatoms. The summed E-state index contributed by atoms with van der Waals surface area (Å²) < 4.78 is 1.83. The minimum absolute atomic E-state index is 0. The van der Waals surface area contributed by atoms with Crippen LogP contribution in [0.5, 0.6) is 0 Å². The number of fused-ring (bicyclic) bond motifs is 3. The molecule has 0 atom stereocenters. The Morgan fingerprint density at radius 3 is 2.81 bits per heavy atom. The van der Waals surface area contributed by atoms with Gasteiger partial charge in [-0.15, -0.1) is 22.6 Å². The van der Waals surface area contributed by atoms with Gasteiger partial charge in [0.15, 0.2) is 0 Å². The summed E-state index contributed by atoms with van der Waals surface area (Å²) in [5.74, 6) is 1.24. The normalized spacial score (nSPS) is 10.6. The minimum atomic E-state index is -0.134. The Bertz CT molecular complexity index is 715. The Labute approximate surface area is 96.5 Å². The van der Waals surface area contributed by atoms with E-state index < -0.39 is 0 Å². The molecule has 0 saturated carbocycles. The molecule has 0 fully saturated rings. The molecule has 0 saturated heterocycles. The van der Waals surface area contributed by atoms with Crippen molar-refractivity contribution < 1.29 is 0 Å². The second kappa shape index (κ2) is 3.61. The highest BCUT2D eigenvalue weighted by molar-refractivity contribution is 5.85. The largest absolute Gasteiger partial charge is 0.290 e. The van der Waals surface area contributed by atoms with Gasteiger partial charge < -0.3 is 0 Å². The van der Waals surface area contributed by atoms with Crippen molar-refractivity contribution in [2.75, 3.05) is 0 Å². The first-order chi connectivity index (χ1) is 7.27. The molecule has 5 nitrogen and oxygen atoms in total. The molecule has 0 amide bonds. The summed E-state index contributed by atoms with van der Waals surface area (Å²) in [4.78, 5) is 14.4. The maximum Gasteiger partial charge on any atom is 0.260 e. The molecular weight excluding hydrogens is 228 g/mol. The number of aromatic amines is 1. The van der Waals surface area contributed by atoms with Gasteiger partial charge in [-0.05, 0) is 19.1 Å². The summed E-state index contributed by atoms with van der Waals surface area (Å²) in [5.41, 5.74) is 0.698. The van der Waals surface area contributed by atoms with Crippen LogP contribution in [0.4, 0.5) is 0 Å². The van der Waals surface area contributed by atoms with Gasteiger partial charge in [0, 0.05) is 0 Å². The molecule has 1 aromatic carbocycles. The smallest absolute Gasteiger partial charge is 0.260 e. The molecule has 0 aliphatic rings. The van der Waals surface area contributed by atoms with E-state index in [1.807, 2.05) is 29.5 Å². The lowest BCUT2D eigenvalue weighted by molar-refractivity contribution is 1.02. The lowest BCUT2D eigenvalue weighted by atomic mass is 10.2. The predicted octanol–water partition coefficient (Wildman–Crippen LogP) is 1.30. The molecule has 0 aliphatic carbocycles. The number of benzene rings is 1. The van der Waals surface area contributed by atoms with Gasteiger partial charge in [0.05, 0.1) is 10.9 Å². The number of rotatable bonds is 0. The SMILES string of the molecule is Cc1nnc2[nH]c(=O)c3ccccc3n12.Cl. The van der Waals surface area contributed by atoms with E-state index in [1.165, 1.54) is 0 Å². The summed E-state index contributed by atoms with van der Waals surface area (Å²) in [6.45, 7) is 1.85. The number of halogens is 1. The zero-order chi connectivity index (χ0) is 10.4. The molecule has 3 rings (SSSR count). The van der Waals surface area contributed by atoms with Crippen molar-refractivity contribution in [3.63, 3.8) is 0 Å². The lowest BCUT2D eigenvalue weighted by Crippen LogP contribution is -2.10. The summed E-state index contributed by atoms with van der Waals surface area (Å²) in [6, 6.07) is 7.39. The van der Waals surface area contributed by atoms with Crippen LogP contribution in [0.3, 0.4) is 0 Å². The van der Waals surface area contributed by atoms with Crippen LogP contribution in [-0.2, 0) is 0 Å². The zero-order valence-electron chi connectivity index (χ0n) is 8.47. The summed E-state index contributed by atoms with van der Waals surface area (Å²) in [6.07, 6.45) is 0. The van der Waals surface area contributed by atoms with E-state index in [1.54, 1.807) is 6.07 Å². The van der Waals surface area contributed by atoms with E-state index in [0.29, 0.717) is 11.2 Å². The number of para-hydroxylation sites is 1. The fourth-order valence-electron chi connectivity index (χ4n) is 1.76. The van der Waals surface area contributed by atoms with Gasteiger partial charge in [0.25, 0.3) is 5.56 Å². The van der Waals surface area contributed by atoms with Gasteiger partial charge in [0.2, 0.25) is 5.78 Å². The number of nitrogens with zero attached hydrogens (tertiary/aromatic N) is 3. The maximum atomic E-state index is 11.7. The molecule has 0 unspecified atom stereocenters. The first-order valence-corrected chi connectivity index (χ1v) is 4.60. The average molecular weight is 237 g/mol. The van der Waals surface area contributed by atoms with E-state index >= 15 is 0 Å². The molecule has 0 bridgehead atoms. The third-order valence-electron chi connectivity index (χ3n) is 2.44. The topological polar surface area (TPSA) is 63.0 Å². The molecule has 0 radical (unpaired) electrons. The fraction of sp³-hybridized carbons (Fsp3) is 0.100. The number of aromatic nitrogens is 4. The second-order valence-corrected chi connectivity index (χ2v) is 3.38. The Morgan fingerprint density at radius 2 is 2.00 bits per heavy atom. The molecule has 0 aliphatic heterocycles. The Balaban J connectivity index is 0.000000963. The number of H-pyrrole nitrogens is 1. The van der Waals surface area contributed by atoms with Crippen LogP contribution in [0.2, 0.25) is 0 Å². The van der Waals surface area contributed by atoms with Gasteiger partial charge in [-0.25, -0.2) is 0 Å². The van der Waals surface area contributed by atoms with Gasteiger partial charge >= 0.3 is 0 Å². The monoisotopic (exact) mass is 236 g/mol. The van der Waals surface area contributed by atoms with Crippen LogP contribution in [0.1, 0.15) is 5.82 Å². The number of hydrogen-bond donors (Lipinski definition) is 1. The van der Waals surface area contributed by atoms with Crippen LogP contribution in [0.15, 0.2) is 29.1 Å². The van der Waals surface area contributed by atoms with Crippen molar-refractivity contribution in [2.45, 2.75) is 6.92 Å². The average Bonchev–Trinajstić information content (AvgIpc) is 2.61. The maximum absolute atomic E-state index is 11.7. The highest BCUT2D eigenvalue weighted by atomic mass is 35.5. The van der Waals surface area contributed by atoms with Gasteiger partial charge in [-0.3, -0.25) is 14.2 Å². The first-order valence-electron chi connectivity index (χ1n) is 4.60. The highest BCUT2D eigenvalue weighted by Crippen LogP contribution is 2.11. The van der Waals surface area contributed by atoms with Crippen LogP contribution < -0.4 is 5.56 Å². The van der Waals surface area contributed by atoms with Crippen molar-refractivity contribution >= 4 is 29.1 Å². The third-order valence-corrected chi connectivity index (χ3v) is 2.44. The minimum Gasteiger partial charge on any atom is -0.290 e. The Morgan fingerprint density at radius 1 is 1.25 bits per heavy atom. The number of aryl methyl sites for hydroxylation is 1. The quantitative estimate of drug-likeness (QED) is 0.640. The molecule has 16 heavy (non-hydrogen) atoms. The molecule has 2 heterocycles. The third kappa shape index (κ3) is 1.29. The van der Waals surface area contributed by atoms with Crippen molar-refractivity contribution in [2.24, 2.45) is 0 Å². The van der Waals surface area contributed by atoms with E-state index in [2.05, 4.69) is 15.2 Å². The van der Waals surface area contributed by atoms with Gasteiger partial charge in [-0.1, -0.05) is 12.1 Å². The Kier molecular flexibility index (Phi) is 2.40. The van der Waals surface area contributed by atoms with E-state index in [-0.39, 0.29) is 18.0 Å². The van der Waals surface area contributed by atoms with Gasteiger partial charge in [-0.2, -0.15) is 0 Å². The summed E-state index contributed by atoms with van der Waals surface area (Å²) in [7, 11) is 0. The van der Waals surface area contributed by atoms with Crippen LogP contribution in [0.25, 0.3) is 16.7 Å². The van der Waals surface area contributed by atoms with Crippen LogP contribution in [-0.4, -0.2) is 19.6 Å².